The van der Waals surface area contributed by atoms with Crippen LogP contribution in [-0.4, -0.2) is 74.9 Å². The van der Waals surface area contributed by atoms with Crippen LogP contribution in [0.15, 0.2) is 6.07 Å². The fraction of sp³-hybridized carbons (Fsp3) is 0.722. The molecule has 5 nitrogen and oxygen atoms in total. The van der Waals surface area contributed by atoms with E-state index in [0.717, 1.165) is 44.1 Å². The molecule has 6 heteroatoms. The molecule has 2 aliphatic rings. The minimum absolute atomic E-state index is 0.189. The molecule has 3 heterocycles. The third-order valence-corrected chi connectivity index (χ3v) is 6.63. The van der Waals surface area contributed by atoms with Gasteiger partial charge < -0.3 is 14.4 Å². The second-order valence-corrected chi connectivity index (χ2v) is 8.15. The molecule has 0 saturated carbocycles. The van der Waals surface area contributed by atoms with Gasteiger partial charge in [-0.2, -0.15) is 0 Å². The molecule has 3 atom stereocenters. The van der Waals surface area contributed by atoms with Crippen LogP contribution in [0.2, 0.25) is 0 Å². The second-order valence-electron chi connectivity index (χ2n) is 6.89. The Hall–Kier alpha value is -0.950. The zero-order chi connectivity index (χ0) is 17.3. The summed E-state index contributed by atoms with van der Waals surface area (Å²) in [5.41, 5.74) is 1.21. The monoisotopic (exact) mass is 352 g/mol. The van der Waals surface area contributed by atoms with Gasteiger partial charge in [0.15, 0.2) is 0 Å². The minimum atomic E-state index is 0.189. The van der Waals surface area contributed by atoms with Crippen LogP contribution in [0.5, 0.6) is 0 Å². The number of hydrogen-bond donors (Lipinski definition) is 0. The number of piperidine rings is 1. The molecule has 0 unspecified atom stereocenters. The predicted octanol–water partition coefficient (Wildman–Crippen LogP) is 2.17. The molecule has 2 fully saturated rings. The summed E-state index contributed by atoms with van der Waals surface area (Å²) in [5, 5.41) is 0. The summed E-state index contributed by atoms with van der Waals surface area (Å²) in [5.74, 6) is 0.584. The molecule has 3 rings (SSSR count). The Morgan fingerprint density at radius 2 is 2.12 bits per heavy atom. The van der Waals surface area contributed by atoms with Crippen molar-refractivity contribution in [3.63, 3.8) is 0 Å². The van der Waals surface area contributed by atoms with E-state index in [1.165, 1.54) is 10.4 Å². The third kappa shape index (κ3) is 3.38. The summed E-state index contributed by atoms with van der Waals surface area (Å²) in [6.07, 6.45) is 1.17. The first-order valence-corrected chi connectivity index (χ1v) is 9.49. The molecule has 0 spiro atoms. The first-order chi connectivity index (χ1) is 11.5. The van der Waals surface area contributed by atoms with Crippen LogP contribution in [0.3, 0.4) is 0 Å². The van der Waals surface area contributed by atoms with Crippen molar-refractivity contribution in [3.05, 3.63) is 21.4 Å². The van der Waals surface area contributed by atoms with Crippen LogP contribution < -0.4 is 0 Å². The minimum Gasteiger partial charge on any atom is -0.383 e. The van der Waals surface area contributed by atoms with Gasteiger partial charge in [0.25, 0.3) is 5.91 Å². The fourth-order valence-electron chi connectivity index (χ4n) is 4.00. The highest BCUT2D eigenvalue weighted by Crippen LogP contribution is 2.34. The fourth-order valence-corrected chi connectivity index (χ4v) is 4.99. The summed E-state index contributed by atoms with van der Waals surface area (Å²) in [7, 11) is 3.53. The molecular formula is C18H28N2O3S. The quantitative estimate of drug-likeness (QED) is 0.814. The van der Waals surface area contributed by atoms with Gasteiger partial charge in [-0.15, -0.1) is 11.3 Å². The molecule has 134 valence electrons. The summed E-state index contributed by atoms with van der Waals surface area (Å²) < 4.78 is 10.9. The number of likely N-dealkylation sites (tertiary alicyclic amines) is 2. The van der Waals surface area contributed by atoms with Gasteiger partial charge in [0.05, 0.1) is 23.6 Å². The molecule has 0 aliphatic carbocycles. The number of rotatable bonds is 5. The Labute approximate surface area is 148 Å². The summed E-state index contributed by atoms with van der Waals surface area (Å²) in [6, 6.07) is 2.29. The molecular weight excluding hydrogens is 324 g/mol. The van der Waals surface area contributed by atoms with Crippen LogP contribution >= 0.6 is 11.3 Å². The van der Waals surface area contributed by atoms with E-state index in [4.69, 9.17) is 9.47 Å². The van der Waals surface area contributed by atoms with E-state index in [9.17, 15) is 4.79 Å². The van der Waals surface area contributed by atoms with E-state index in [0.29, 0.717) is 5.92 Å². The van der Waals surface area contributed by atoms with Crippen molar-refractivity contribution in [2.45, 2.75) is 32.4 Å². The van der Waals surface area contributed by atoms with E-state index < -0.39 is 0 Å². The first-order valence-electron chi connectivity index (χ1n) is 8.67. The molecule has 1 amide bonds. The number of hydrogen-bond acceptors (Lipinski definition) is 5. The summed E-state index contributed by atoms with van der Waals surface area (Å²) in [6.45, 7) is 8.49. The maximum absolute atomic E-state index is 13.1. The SMILES string of the molecule is COCCN1C[C@H]2[C@@H](C1)N(C(=O)c1cc(C)c(C)s1)CC[C@H]2OC. The average Bonchev–Trinajstić information content (AvgIpc) is 3.15. The van der Waals surface area contributed by atoms with Crippen molar-refractivity contribution >= 4 is 17.2 Å². The highest BCUT2D eigenvalue weighted by molar-refractivity contribution is 7.14. The smallest absolute Gasteiger partial charge is 0.264 e. The Morgan fingerprint density at radius 1 is 1.33 bits per heavy atom. The van der Waals surface area contributed by atoms with Crippen LogP contribution in [0.4, 0.5) is 0 Å². The number of ether oxygens (including phenoxy) is 2. The van der Waals surface area contributed by atoms with E-state index in [-0.39, 0.29) is 18.1 Å². The van der Waals surface area contributed by atoms with E-state index in [1.54, 1.807) is 25.6 Å². The Balaban J connectivity index is 1.77. The predicted molar refractivity (Wildman–Crippen MR) is 95.8 cm³/mol. The average molecular weight is 353 g/mol. The molecule has 2 saturated heterocycles. The number of fused-ring (bicyclic) bond motifs is 1. The normalized spacial score (nSPS) is 27.5. The highest BCUT2D eigenvalue weighted by Gasteiger charge is 2.46. The number of carbonyl (C=O) groups excluding carboxylic acids is 1. The molecule has 0 N–H and O–H groups in total. The van der Waals surface area contributed by atoms with Crippen molar-refractivity contribution in [2.24, 2.45) is 5.92 Å². The number of amides is 1. The second kappa shape index (κ2) is 7.52. The van der Waals surface area contributed by atoms with E-state index in [1.807, 2.05) is 6.07 Å². The molecule has 2 aliphatic heterocycles. The van der Waals surface area contributed by atoms with Gasteiger partial charge in [-0.3, -0.25) is 9.69 Å². The largest absolute Gasteiger partial charge is 0.383 e. The maximum atomic E-state index is 13.1. The number of aryl methyl sites for hydroxylation is 2. The topological polar surface area (TPSA) is 42.0 Å². The van der Waals surface area contributed by atoms with Gasteiger partial charge >= 0.3 is 0 Å². The van der Waals surface area contributed by atoms with Gasteiger partial charge in [0.1, 0.15) is 0 Å². The summed E-state index contributed by atoms with van der Waals surface area (Å²) in [4.78, 5) is 19.7. The van der Waals surface area contributed by atoms with Gasteiger partial charge in [-0.25, -0.2) is 0 Å². The van der Waals surface area contributed by atoms with Gasteiger partial charge in [0, 0.05) is 51.2 Å². The van der Waals surface area contributed by atoms with Crippen molar-refractivity contribution in [1.29, 1.82) is 0 Å². The van der Waals surface area contributed by atoms with Crippen LogP contribution in [-0.2, 0) is 9.47 Å². The molecule has 0 aromatic carbocycles. The number of carbonyl (C=O) groups is 1. The van der Waals surface area contributed by atoms with Gasteiger partial charge in [0.2, 0.25) is 0 Å². The van der Waals surface area contributed by atoms with E-state index >= 15 is 0 Å². The van der Waals surface area contributed by atoms with Crippen molar-refractivity contribution in [1.82, 2.24) is 9.80 Å². The van der Waals surface area contributed by atoms with E-state index in [2.05, 4.69) is 23.6 Å². The summed E-state index contributed by atoms with van der Waals surface area (Å²) >= 11 is 1.62. The Kier molecular flexibility index (Phi) is 5.59. The number of thiophene rings is 1. The molecule has 1 aromatic heterocycles. The lowest BCUT2D eigenvalue weighted by molar-refractivity contribution is -0.0155. The molecule has 0 bridgehead atoms. The van der Waals surface area contributed by atoms with Gasteiger partial charge in [-0.05, 0) is 31.9 Å². The maximum Gasteiger partial charge on any atom is 0.264 e. The van der Waals surface area contributed by atoms with Crippen LogP contribution in [0.25, 0.3) is 0 Å². The molecule has 24 heavy (non-hydrogen) atoms. The number of methoxy groups -OCH3 is 2. The first kappa shape index (κ1) is 17.9. The van der Waals surface area contributed by atoms with Crippen molar-refractivity contribution in [2.75, 3.05) is 47.0 Å². The standard InChI is InChI=1S/C18H28N2O3S/c1-12-9-17(24-13(12)2)18(21)20-6-5-16(23-4)14-10-19(7-8-22-3)11-15(14)20/h9,14-16H,5-8,10-11H2,1-4H3/t14-,15+,16+/m0/s1. The van der Waals surface area contributed by atoms with Crippen molar-refractivity contribution < 1.29 is 14.3 Å². The Bertz CT molecular complexity index is 569. The lowest BCUT2D eigenvalue weighted by Gasteiger charge is -2.41. The lowest BCUT2D eigenvalue weighted by Crippen LogP contribution is -2.53. The van der Waals surface area contributed by atoms with Crippen LogP contribution in [0.1, 0.15) is 26.5 Å². The third-order valence-electron chi connectivity index (χ3n) is 5.49. The zero-order valence-corrected chi connectivity index (χ0v) is 15.9. The molecule has 0 radical (unpaired) electrons. The molecule has 1 aromatic rings. The highest BCUT2D eigenvalue weighted by atomic mass is 32.1. The van der Waals surface area contributed by atoms with Gasteiger partial charge in [-0.1, -0.05) is 0 Å². The van der Waals surface area contributed by atoms with Crippen molar-refractivity contribution in [3.8, 4) is 0 Å². The zero-order valence-electron chi connectivity index (χ0n) is 15.1. The van der Waals surface area contributed by atoms with Crippen LogP contribution in [0, 0.1) is 19.8 Å². The number of nitrogens with zero attached hydrogens (tertiary/aromatic N) is 2. The Morgan fingerprint density at radius 3 is 2.75 bits per heavy atom. The lowest BCUT2D eigenvalue weighted by atomic mass is 9.89.